The summed E-state index contributed by atoms with van der Waals surface area (Å²) in [7, 11) is 0. The van der Waals surface area contributed by atoms with Crippen LogP contribution in [0.4, 0.5) is 15.0 Å². The summed E-state index contributed by atoms with van der Waals surface area (Å²) in [4.78, 5) is 17.0. The van der Waals surface area contributed by atoms with Gasteiger partial charge in [-0.3, -0.25) is 10.3 Å². The Morgan fingerprint density at radius 3 is 2.63 bits per heavy atom. The molecule has 2 aromatic heterocycles. The molecule has 35 heavy (non-hydrogen) atoms. The molecule has 174 valence electrons. The molecule has 1 aliphatic rings. The summed E-state index contributed by atoms with van der Waals surface area (Å²) in [6.45, 7) is 1.76. The first kappa shape index (κ1) is 22.3. The highest BCUT2D eigenvalue weighted by Crippen LogP contribution is 2.41. The molecule has 2 heterocycles. The molecule has 1 N–H and O–H groups in total. The van der Waals surface area contributed by atoms with Gasteiger partial charge < -0.3 is 4.74 Å². The maximum Gasteiger partial charge on any atom is 0.413 e. The molecule has 0 aliphatic heterocycles. The minimum absolute atomic E-state index is 0.173. The van der Waals surface area contributed by atoms with Gasteiger partial charge in [-0.2, -0.15) is 10.4 Å². The molecule has 8 heteroatoms. The normalized spacial score (nSPS) is 13.6. The molecular weight excluding hydrogens is 445 g/mol. The second kappa shape index (κ2) is 9.39. The fourth-order valence-electron chi connectivity index (χ4n) is 3.92. The lowest BCUT2D eigenvalue weighted by molar-refractivity contribution is 0.121. The molecule has 0 bridgehead atoms. The van der Waals surface area contributed by atoms with Gasteiger partial charge in [0.1, 0.15) is 23.6 Å². The van der Waals surface area contributed by atoms with Crippen molar-refractivity contribution in [2.24, 2.45) is 0 Å². The summed E-state index contributed by atoms with van der Waals surface area (Å²) in [5.74, 6) is 0.297. The van der Waals surface area contributed by atoms with E-state index in [2.05, 4.69) is 15.4 Å². The number of carbonyl (C=O) groups excluding carboxylic acids is 1. The fraction of sp³-hybridized carbons (Fsp3) is 0.185. The van der Waals surface area contributed by atoms with E-state index in [-0.39, 0.29) is 17.2 Å². The van der Waals surface area contributed by atoms with Crippen LogP contribution in [-0.4, -0.2) is 20.9 Å². The van der Waals surface area contributed by atoms with Gasteiger partial charge >= 0.3 is 6.09 Å². The first-order valence-electron chi connectivity index (χ1n) is 11.3. The molecule has 1 aliphatic carbocycles. The van der Waals surface area contributed by atoms with E-state index in [9.17, 15) is 14.4 Å². The number of hydrogen-bond acceptors (Lipinski definition) is 5. The van der Waals surface area contributed by atoms with E-state index >= 15 is 0 Å². The minimum atomic E-state index is -0.713. The van der Waals surface area contributed by atoms with Crippen LogP contribution in [0.1, 0.15) is 48.5 Å². The molecule has 0 spiro atoms. The number of halogens is 1. The summed E-state index contributed by atoms with van der Waals surface area (Å²) in [5, 5.41) is 16.3. The summed E-state index contributed by atoms with van der Waals surface area (Å²) in [6.07, 6.45) is 3.79. The van der Waals surface area contributed by atoms with Crippen LogP contribution in [0.2, 0.25) is 0 Å². The van der Waals surface area contributed by atoms with Crippen molar-refractivity contribution >= 4 is 11.9 Å². The highest BCUT2D eigenvalue weighted by atomic mass is 19.1. The fourth-order valence-corrected chi connectivity index (χ4v) is 3.92. The number of nitrogens with zero attached hydrogens (tertiary/aromatic N) is 4. The second-order valence-electron chi connectivity index (χ2n) is 8.43. The van der Waals surface area contributed by atoms with Gasteiger partial charge in [-0.25, -0.2) is 13.9 Å². The molecule has 0 radical (unpaired) electrons. The Balaban J connectivity index is 1.35. The minimum Gasteiger partial charge on any atom is -0.441 e. The number of ether oxygens (including phenoxy) is 1. The molecule has 1 saturated carbocycles. The van der Waals surface area contributed by atoms with E-state index in [0.29, 0.717) is 22.9 Å². The van der Waals surface area contributed by atoms with Crippen molar-refractivity contribution in [2.45, 2.75) is 31.8 Å². The van der Waals surface area contributed by atoms with Crippen LogP contribution in [0.25, 0.3) is 16.9 Å². The van der Waals surface area contributed by atoms with Crippen LogP contribution in [-0.2, 0) is 4.74 Å². The Kier molecular flexibility index (Phi) is 5.98. The zero-order chi connectivity index (χ0) is 24.4. The van der Waals surface area contributed by atoms with E-state index < -0.39 is 12.2 Å². The average Bonchev–Trinajstić information content (AvgIpc) is 3.64. The lowest BCUT2D eigenvalue weighted by Gasteiger charge is -2.15. The zero-order valence-electron chi connectivity index (χ0n) is 19.0. The third-order valence-corrected chi connectivity index (χ3v) is 5.97. The number of hydrogen-bond donors (Lipinski definition) is 1. The van der Waals surface area contributed by atoms with Gasteiger partial charge in [-0.15, -0.1) is 0 Å². The topological polar surface area (TPSA) is 92.8 Å². The van der Waals surface area contributed by atoms with Gasteiger partial charge in [-0.1, -0.05) is 42.5 Å². The van der Waals surface area contributed by atoms with Crippen LogP contribution in [0.5, 0.6) is 0 Å². The molecule has 1 unspecified atom stereocenters. The Labute approximate surface area is 201 Å². The summed E-state index contributed by atoms with van der Waals surface area (Å²) < 4.78 is 21.3. The number of amides is 1. The highest BCUT2D eigenvalue weighted by Gasteiger charge is 2.26. The van der Waals surface area contributed by atoms with Crippen LogP contribution in [0.15, 0.2) is 73.1 Å². The standard InChI is InChI=1S/C27H22FN5O2/c1-17(18-5-3-2-4-6-18)35-27(34)32-26-21(14-29)15-31-33(26)22-10-12-25(30-16-22)20-9-11-23(19-7-8-19)24(28)13-20/h2-6,9-13,15-17,19H,7-8H2,1H3,(H,32,34). The van der Waals surface area contributed by atoms with E-state index in [1.807, 2.05) is 48.5 Å². The van der Waals surface area contributed by atoms with Gasteiger partial charge in [0.15, 0.2) is 5.82 Å². The Bertz CT molecular complexity index is 1410. The molecule has 4 aromatic rings. The predicted molar refractivity (Wildman–Crippen MR) is 128 cm³/mol. The maximum absolute atomic E-state index is 14.5. The predicted octanol–water partition coefficient (Wildman–Crippen LogP) is 6.13. The van der Waals surface area contributed by atoms with Crippen molar-refractivity contribution in [3.8, 4) is 23.0 Å². The Hall–Kier alpha value is -4.51. The SMILES string of the molecule is CC(OC(=O)Nc1c(C#N)cnn1-c1ccc(-c2ccc(C3CC3)c(F)c2)nc1)c1ccccc1. The molecule has 2 aromatic carbocycles. The van der Waals surface area contributed by atoms with Crippen LogP contribution in [0, 0.1) is 17.1 Å². The van der Waals surface area contributed by atoms with Crippen molar-refractivity contribution in [1.82, 2.24) is 14.8 Å². The van der Waals surface area contributed by atoms with Crippen molar-refractivity contribution in [3.63, 3.8) is 0 Å². The van der Waals surface area contributed by atoms with Gasteiger partial charge in [-0.05, 0) is 55.0 Å². The second-order valence-corrected chi connectivity index (χ2v) is 8.43. The average molecular weight is 468 g/mol. The lowest BCUT2D eigenvalue weighted by atomic mass is 10.0. The van der Waals surface area contributed by atoms with Gasteiger partial charge in [0.25, 0.3) is 0 Å². The first-order chi connectivity index (χ1) is 17.0. The summed E-state index contributed by atoms with van der Waals surface area (Å²) in [6, 6.07) is 20.1. The third kappa shape index (κ3) is 4.75. The molecule has 7 nitrogen and oxygen atoms in total. The summed E-state index contributed by atoms with van der Waals surface area (Å²) in [5.41, 5.74) is 3.59. The lowest BCUT2D eigenvalue weighted by Crippen LogP contribution is -2.19. The van der Waals surface area contributed by atoms with Crippen molar-refractivity contribution in [3.05, 3.63) is 95.6 Å². The number of rotatable bonds is 6. The number of aromatic nitrogens is 3. The smallest absolute Gasteiger partial charge is 0.413 e. The van der Waals surface area contributed by atoms with Crippen molar-refractivity contribution < 1.29 is 13.9 Å². The first-order valence-corrected chi connectivity index (χ1v) is 11.3. The maximum atomic E-state index is 14.5. The van der Waals surface area contributed by atoms with Gasteiger partial charge in [0, 0.05) is 5.56 Å². The van der Waals surface area contributed by atoms with Gasteiger partial charge in [0.05, 0.1) is 23.8 Å². The molecular formula is C27H22FN5O2. The van der Waals surface area contributed by atoms with Crippen molar-refractivity contribution in [1.29, 1.82) is 5.26 Å². The highest BCUT2D eigenvalue weighted by molar-refractivity contribution is 5.86. The number of carbonyl (C=O) groups is 1. The quantitative estimate of drug-likeness (QED) is 0.368. The Morgan fingerprint density at radius 1 is 1.17 bits per heavy atom. The van der Waals surface area contributed by atoms with E-state index in [0.717, 1.165) is 24.0 Å². The Morgan fingerprint density at radius 2 is 1.97 bits per heavy atom. The molecule has 1 fully saturated rings. The molecule has 1 amide bonds. The van der Waals surface area contributed by atoms with E-state index in [1.54, 1.807) is 25.3 Å². The number of nitriles is 1. The largest absolute Gasteiger partial charge is 0.441 e. The zero-order valence-corrected chi connectivity index (χ0v) is 19.0. The van der Waals surface area contributed by atoms with Crippen LogP contribution in [0.3, 0.4) is 0 Å². The summed E-state index contributed by atoms with van der Waals surface area (Å²) >= 11 is 0. The monoisotopic (exact) mass is 467 g/mol. The van der Waals surface area contributed by atoms with Crippen molar-refractivity contribution in [2.75, 3.05) is 5.32 Å². The van der Waals surface area contributed by atoms with Crippen LogP contribution >= 0.6 is 0 Å². The number of anilines is 1. The molecule has 1 atom stereocenters. The molecule has 0 saturated heterocycles. The van der Waals surface area contributed by atoms with Gasteiger partial charge in [0.2, 0.25) is 0 Å². The van der Waals surface area contributed by atoms with E-state index in [4.69, 9.17) is 4.74 Å². The van der Waals surface area contributed by atoms with Crippen LogP contribution < -0.4 is 5.32 Å². The number of pyridine rings is 1. The number of benzene rings is 2. The number of nitrogens with one attached hydrogen (secondary N) is 1. The van der Waals surface area contributed by atoms with E-state index in [1.165, 1.54) is 16.9 Å². The molecule has 5 rings (SSSR count). The third-order valence-electron chi connectivity index (χ3n) is 5.97.